The van der Waals surface area contributed by atoms with Gasteiger partial charge in [0.2, 0.25) is 0 Å². The summed E-state index contributed by atoms with van der Waals surface area (Å²) in [5, 5.41) is 11.1. The van der Waals surface area contributed by atoms with Crippen LogP contribution in [0.4, 0.5) is 5.69 Å². The molecule has 0 N–H and O–H groups in total. The van der Waals surface area contributed by atoms with E-state index in [4.69, 9.17) is 0 Å². The zero-order valence-electron chi connectivity index (χ0n) is 18.2. The molecule has 2 aromatic carbocycles. The van der Waals surface area contributed by atoms with E-state index in [0.717, 1.165) is 44.1 Å². The second-order valence-corrected chi connectivity index (χ2v) is 8.49. The number of non-ortho nitro benzene ring substituents is 1. The molecular formula is C25H27N3O4. The minimum Gasteiger partial charge on any atom is -0.365 e. The molecule has 0 atom stereocenters. The average molecular weight is 434 g/mol. The monoisotopic (exact) mass is 433 g/mol. The molecule has 0 aromatic heterocycles. The molecule has 1 fully saturated rings. The Morgan fingerprint density at radius 3 is 2.16 bits per heavy atom. The van der Waals surface area contributed by atoms with Gasteiger partial charge in [-0.2, -0.15) is 0 Å². The number of hydrogen-bond donors (Lipinski definition) is 0. The third-order valence-electron chi connectivity index (χ3n) is 6.29. The van der Waals surface area contributed by atoms with Crippen molar-refractivity contribution in [3.63, 3.8) is 0 Å². The van der Waals surface area contributed by atoms with Crippen LogP contribution < -0.4 is 0 Å². The van der Waals surface area contributed by atoms with Gasteiger partial charge < -0.3 is 4.90 Å². The highest BCUT2D eigenvalue weighted by atomic mass is 16.6. The largest absolute Gasteiger partial charge is 0.365 e. The standard InChI is InChI=1S/C25H27N3O4/c1-26(17-18-9-5-4-6-10-18)23-22(19-13-15-21(16-14-19)28(31)32)24(29)27(25(23)30)20-11-7-2-3-8-12-20/h4-6,9-10,13-16,20H,2-3,7-8,11-12,17H2,1H3. The van der Waals surface area contributed by atoms with Crippen LogP contribution in [0.3, 0.4) is 0 Å². The van der Waals surface area contributed by atoms with Crippen LogP contribution in [0.1, 0.15) is 49.7 Å². The van der Waals surface area contributed by atoms with Gasteiger partial charge in [0.1, 0.15) is 5.70 Å². The molecular weight excluding hydrogens is 406 g/mol. The molecule has 0 spiro atoms. The number of nitrogens with zero attached hydrogens (tertiary/aromatic N) is 3. The Hall–Kier alpha value is -3.48. The molecule has 1 saturated carbocycles. The Morgan fingerprint density at radius 2 is 1.56 bits per heavy atom. The first-order valence-electron chi connectivity index (χ1n) is 11.1. The number of amides is 2. The van der Waals surface area contributed by atoms with Crippen LogP contribution in [0.5, 0.6) is 0 Å². The van der Waals surface area contributed by atoms with Crippen molar-refractivity contribution in [3.05, 3.63) is 81.5 Å². The second kappa shape index (κ2) is 9.34. The maximum absolute atomic E-state index is 13.6. The van der Waals surface area contributed by atoms with E-state index in [-0.39, 0.29) is 23.5 Å². The van der Waals surface area contributed by atoms with Gasteiger partial charge in [-0.05, 0) is 36.1 Å². The summed E-state index contributed by atoms with van der Waals surface area (Å²) < 4.78 is 0. The number of carbonyl (C=O) groups is 2. The van der Waals surface area contributed by atoms with Gasteiger partial charge in [-0.25, -0.2) is 0 Å². The molecule has 1 aliphatic carbocycles. The van der Waals surface area contributed by atoms with E-state index in [0.29, 0.717) is 23.4 Å². The molecule has 2 aromatic rings. The van der Waals surface area contributed by atoms with Gasteiger partial charge >= 0.3 is 0 Å². The normalized spacial score (nSPS) is 17.6. The molecule has 0 radical (unpaired) electrons. The topological polar surface area (TPSA) is 83.8 Å². The van der Waals surface area contributed by atoms with E-state index in [2.05, 4.69) is 0 Å². The van der Waals surface area contributed by atoms with Gasteiger partial charge in [-0.15, -0.1) is 0 Å². The smallest absolute Gasteiger partial charge is 0.278 e. The SMILES string of the molecule is CN(Cc1ccccc1)C1=C(c2ccc([N+](=O)[O-])cc2)C(=O)N(C2CCCCCC2)C1=O. The lowest BCUT2D eigenvalue weighted by Crippen LogP contribution is -2.42. The second-order valence-electron chi connectivity index (χ2n) is 8.49. The molecule has 7 nitrogen and oxygen atoms in total. The number of likely N-dealkylation sites (N-methyl/N-ethyl adjacent to an activating group) is 1. The fraction of sp³-hybridized carbons (Fsp3) is 0.360. The summed E-state index contributed by atoms with van der Waals surface area (Å²) in [6, 6.07) is 15.5. The van der Waals surface area contributed by atoms with E-state index in [1.807, 2.05) is 42.3 Å². The highest BCUT2D eigenvalue weighted by Gasteiger charge is 2.44. The fourth-order valence-electron chi connectivity index (χ4n) is 4.68. The van der Waals surface area contributed by atoms with E-state index in [9.17, 15) is 19.7 Å². The summed E-state index contributed by atoms with van der Waals surface area (Å²) in [5.74, 6) is -0.570. The predicted molar refractivity (Wildman–Crippen MR) is 121 cm³/mol. The molecule has 1 aliphatic heterocycles. The van der Waals surface area contributed by atoms with Gasteiger partial charge in [0.25, 0.3) is 17.5 Å². The third kappa shape index (κ3) is 4.28. The van der Waals surface area contributed by atoms with Crippen LogP contribution in [0, 0.1) is 10.1 Å². The number of nitro groups is 1. The molecule has 4 rings (SSSR count). The van der Waals surface area contributed by atoms with Crippen molar-refractivity contribution in [3.8, 4) is 0 Å². The summed E-state index contributed by atoms with van der Waals surface area (Å²) in [5.41, 5.74) is 2.19. The molecule has 0 bridgehead atoms. The van der Waals surface area contributed by atoms with Crippen molar-refractivity contribution in [2.24, 2.45) is 0 Å². The Balaban J connectivity index is 1.73. The van der Waals surface area contributed by atoms with Crippen molar-refractivity contribution in [1.82, 2.24) is 9.80 Å². The first-order chi connectivity index (χ1) is 15.5. The first kappa shape index (κ1) is 21.7. The number of carbonyl (C=O) groups excluding carboxylic acids is 2. The maximum atomic E-state index is 13.6. The molecule has 0 unspecified atom stereocenters. The van der Waals surface area contributed by atoms with Gasteiger partial charge in [0.05, 0.1) is 10.5 Å². The van der Waals surface area contributed by atoms with Crippen LogP contribution in [0.15, 0.2) is 60.3 Å². The third-order valence-corrected chi connectivity index (χ3v) is 6.29. The maximum Gasteiger partial charge on any atom is 0.278 e. The highest BCUT2D eigenvalue weighted by Crippen LogP contribution is 2.36. The molecule has 2 aliphatic rings. The Kier molecular flexibility index (Phi) is 6.35. The summed E-state index contributed by atoms with van der Waals surface area (Å²) in [7, 11) is 1.81. The Labute approximate surface area is 187 Å². The van der Waals surface area contributed by atoms with E-state index >= 15 is 0 Å². The summed E-state index contributed by atoms with van der Waals surface area (Å²) in [4.78, 5) is 41.1. The van der Waals surface area contributed by atoms with Crippen LogP contribution in [-0.2, 0) is 16.1 Å². The molecule has 166 valence electrons. The lowest BCUT2D eigenvalue weighted by atomic mass is 10.0. The summed E-state index contributed by atoms with van der Waals surface area (Å²) >= 11 is 0. The highest BCUT2D eigenvalue weighted by molar-refractivity contribution is 6.35. The quantitative estimate of drug-likeness (QED) is 0.289. The minimum absolute atomic E-state index is 0.0501. The molecule has 32 heavy (non-hydrogen) atoms. The van der Waals surface area contributed by atoms with Crippen molar-refractivity contribution in [1.29, 1.82) is 0 Å². The zero-order chi connectivity index (χ0) is 22.7. The fourth-order valence-corrected chi connectivity index (χ4v) is 4.68. The van der Waals surface area contributed by atoms with Gasteiger partial charge in [-0.3, -0.25) is 24.6 Å². The van der Waals surface area contributed by atoms with Crippen LogP contribution in [-0.4, -0.2) is 39.6 Å². The molecule has 7 heteroatoms. The van der Waals surface area contributed by atoms with Crippen molar-refractivity contribution in [2.75, 3.05) is 7.05 Å². The number of benzene rings is 2. The van der Waals surface area contributed by atoms with Gasteiger partial charge in [-0.1, -0.05) is 56.0 Å². The number of hydrogen-bond acceptors (Lipinski definition) is 5. The number of nitro benzene ring substituents is 1. The van der Waals surface area contributed by atoms with Crippen molar-refractivity contribution >= 4 is 23.1 Å². The predicted octanol–water partition coefficient (Wildman–Crippen LogP) is 4.53. The van der Waals surface area contributed by atoms with Gasteiger partial charge in [0.15, 0.2) is 0 Å². The molecule has 2 amide bonds. The van der Waals surface area contributed by atoms with Crippen molar-refractivity contribution < 1.29 is 14.5 Å². The minimum atomic E-state index is -0.472. The number of rotatable bonds is 6. The first-order valence-corrected chi connectivity index (χ1v) is 11.1. The van der Waals surface area contributed by atoms with Crippen LogP contribution in [0.2, 0.25) is 0 Å². The van der Waals surface area contributed by atoms with E-state index < -0.39 is 4.92 Å². The Morgan fingerprint density at radius 1 is 0.938 bits per heavy atom. The molecule has 0 saturated heterocycles. The summed E-state index contributed by atoms with van der Waals surface area (Å²) in [6.45, 7) is 0.476. The van der Waals surface area contributed by atoms with Crippen LogP contribution >= 0.6 is 0 Å². The lowest BCUT2D eigenvalue weighted by molar-refractivity contribution is -0.384. The summed E-state index contributed by atoms with van der Waals surface area (Å²) in [6.07, 6.45) is 5.89. The number of imide groups is 1. The van der Waals surface area contributed by atoms with E-state index in [1.165, 1.54) is 17.0 Å². The Bertz CT molecular complexity index is 1040. The van der Waals surface area contributed by atoms with Crippen molar-refractivity contribution in [2.45, 2.75) is 51.1 Å². The van der Waals surface area contributed by atoms with Gasteiger partial charge in [0, 0.05) is 31.8 Å². The van der Waals surface area contributed by atoms with Crippen LogP contribution in [0.25, 0.3) is 5.57 Å². The van der Waals surface area contributed by atoms with E-state index in [1.54, 1.807) is 12.1 Å². The molecule has 1 heterocycles. The average Bonchev–Trinajstić information content (AvgIpc) is 2.94. The lowest BCUT2D eigenvalue weighted by Gasteiger charge is -2.27. The zero-order valence-corrected chi connectivity index (χ0v) is 18.2.